The molecular formula is C10H6ClF3N2O2. The Bertz CT molecular complexity index is 539. The molecule has 0 radical (unpaired) electrons. The summed E-state index contributed by atoms with van der Waals surface area (Å²) < 4.78 is 37.1. The van der Waals surface area contributed by atoms with Gasteiger partial charge in [-0.05, 0) is 13.0 Å². The zero-order valence-electron chi connectivity index (χ0n) is 8.92. The van der Waals surface area contributed by atoms with Gasteiger partial charge in [0.1, 0.15) is 0 Å². The van der Waals surface area contributed by atoms with Gasteiger partial charge in [-0.1, -0.05) is 11.6 Å². The molecule has 0 aliphatic carbocycles. The van der Waals surface area contributed by atoms with Crippen molar-refractivity contribution in [2.24, 2.45) is 0 Å². The fraction of sp³-hybridized carbons (Fsp3) is 0.300. The number of carbonyl (C=O) groups is 1. The molecule has 1 heterocycles. The lowest BCUT2D eigenvalue weighted by atomic mass is 9.88. The topological polar surface area (TPSA) is 74.0 Å². The minimum absolute atomic E-state index is 0.424. The molecule has 1 aromatic heterocycles. The monoisotopic (exact) mass is 278 g/mol. The van der Waals surface area contributed by atoms with E-state index in [1.54, 1.807) is 0 Å². The Hall–Kier alpha value is -1.81. The van der Waals surface area contributed by atoms with E-state index in [9.17, 15) is 18.0 Å². The van der Waals surface area contributed by atoms with E-state index in [1.807, 2.05) is 0 Å². The zero-order chi connectivity index (χ0) is 14.1. The molecule has 1 rings (SSSR count). The summed E-state index contributed by atoms with van der Waals surface area (Å²) in [5.41, 5.74) is -3.63. The van der Waals surface area contributed by atoms with Crippen LogP contribution in [0.3, 0.4) is 0 Å². The smallest absolute Gasteiger partial charge is 0.417 e. The van der Waals surface area contributed by atoms with Crippen LogP contribution in [-0.2, 0) is 16.4 Å². The molecule has 96 valence electrons. The number of aliphatic carboxylic acids is 1. The number of carboxylic acids is 1. The van der Waals surface area contributed by atoms with Crippen LogP contribution >= 0.6 is 11.6 Å². The van der Waals surface area contributed by atoms with Gasteiger partial charge in [0.2, 0.25) is 0 Å². The molecule has 18 heavy (non-hydrogen) atoms. The van der Waals surface area contributed by atoms with E-state index < -0.39 is 33.8 Å². The molecular weight excluding hydrogens is 273 g/mol. The van der Waals surface area contributed by atoms with E-state index in [0.29, 0.717) is 12.3 Å². The number of pyridine rings is 1. The third-order valence-corrected chi connectivity index (χ3v) is 2.58. The van der Waals surface area contributed by atoms with Crippen LogP contribution in [0.15, 0.2) is 12.3 Å². The van der Waals surface area contributed by atoms with Crippen molar-refractivity contribution in [1.29, 1.82) is 5.26 Å². The normalized spacial score (nSPS) is 14.7. The van der Waals surface area contributed by atoms with Crippen molar-refractivity contribution in [2.75, 3.05) is 0 Å². The average Bonchev–Trinajstić information content (AvgIpc) is 2.26. The summed E-state index contributed by atoms with van der Waals surface area (Å²) in [5, 5.41) is 17.2. The first-order valence-electron chi connectivity index (χ1n) is 4.51. The molecule has 0 aliphatic rings. The van der Waals surface area contributed by atoms with Gasteiger partial charge < -0.3 is 5.11 Å². The van der Waals surface area contributed by atoms with Crippen LogP contribution in [0, 0.1) is 11.3 Å². The second-order valence-corrected chi connectivity index (χ2v) is 4.00. The van der Waals surface area contributed by atoms with Gasteiger partial charge in [0.05, 0.1) is 22.3 Å². The summed E-state index contributed by atoms with van der Waals surface area (Å²) >= 11 is 5.57. The van der Waals surface area contributed by atoms with Crippen molar-refractivity contribution in [3.05, 3.63) is 28.5 Å². The maximum Gasteiger partial charge on any atom is 0.417 e. The molecule has 1 aromatic rings. The maximum atomic E-state index is 12.4. The molecule has 1 unspecified atom stereocenters. The summed E-state index contributed by atoms with van der Waals surface area (Å²) in [5.74, 6) is -1.54. The Morgan fingerprint density at radius 1 is 1.56 bits per heavy atom. The van der Waals surface area contributed by atoms with Gasteiger partial charge in [-0.2, -0.15) is 18.4 Å². The first-order valence-corrected chi connectivity index (χ1v) is 4.88. The fourth-order valence-electron chi connectivity index (χ4n) is 1.16. The highest BCUT2D eigenvalue weighted by Crippen LogP contribution is 2.34. The summed E-state index contributed by atoms with van der Waals surface area (Å²) in [6, 6.07) is 2.01. The lowest BCUT2D eigenvalue weighted by Crippen LogP contribution is -2.32. The molecule has 0 aliphatic heterocycles. The molecule has 0 aromatic carbocycles. The van der Waals surface area contributed by atoms with E-state index in [1.165, 1.54) is 6.07 Å². The van der Waals surface area contributed by atoms with Gasteiger partial charge >= 0.3 is 12.1 Å². The molecule has 0 amide bonds. The van der Waals surface area contributed by atoms with E-state index in [4.69, 9.17) is 22.0 Å². The van der Waals surface area contributed by atoms with E-state index in [-0.39, 0.29) is 0 Å². The molecule has 4 nitrogen and oxygen atoms in total. The minimum Gasteiger partial charge on any atom is -0.480 e. The lowest BCUT2D eigenvalue weighted by Gasteiger charge is -2.17. The zero-order valence-corrected chi connectivity index (χ0v) is 9.67. The third kappa shape index (κ3) is 2.38. The molecule has 1 atom stereocenters. The van der Waals surface area contributed by atoms with Crippen molar-refractivity contribution in [3.63, 3.8) is 0 Å². The quantitative estimate of drug-likeness (QED) is 0.902. The number of alkyl halides is 3. The summed E-state index contributed by atoms with van der Waals surface area (Å²) in [4.78, 5) is 14.3. The molecule has 0 fully saturated rings. The van der Waals surface area contributed by atoms with Crippen LogP contribution in [0.5, 0.6) is 0 Å². The predicted octanol–water partition coefficient (Wildman–Crippen LogP) is 2.62. The van der Waals surface area contributed by atoms with Crippen molar-refractivity contribution in [2.45, 2.75) is 18.5 Å². The molecule has 0 bridgehead atoms. The van der Waals surface area contributed by atoms with Crippen LogP contribution in [0.2, 0.25) is 5.02 Å². The number of rotatable bonds is 2. The third-order valence-electron chi connectivity index (χ3n) is 2.29. The molecule has 1 N–H and O–H groups in total. The second-order valence-electron chi connectivity index (χ2n) is 3.59. The van der Waals surface area contributed by atoms with Crippen molar-refractivity contribution in [3.8, 4) is 6.07 Å². The van der Waals surface area contributed by atoms with Crippen molar-refractivity contribution in [1.82, 2.24) is 4.98 Å². The second kappa shape index (κ2) is 4.46. The van der Waals surface area contributed by atoms with Gasteiger partial charge in [0, 0.05) is 6.20 Å². The summed E-state index contributed by atoms with van der Waals surface area (Å²) in [6.45, 7) is 1.01. The Kier molecular flexibility index (Phi) is 3.53. The van der Waals surface area contributed by atoms with E-state index in [0.717, 1.165) is 6.92 Å². The van der Waals surface area contributed by atoms with Gasteiger partial charge in [-0.25, -0.2) is 0 Å². The Balaban J connectivity index is 3.39. The highest BCUT2D eigenvalue weighted by atomic mass is 35.5. The number of carboxylic acid groups (broad SMARTS) is 1. The number of nitriles is 1. The van der Waals surface area contributed by atoms with E-state index >= 15 is 0 Å². The number of nitrogens with zero attached hydrogens (tertiary/aromatic N) is 2. The van der Waals surface area contributed by atoms with Crippen LogP contribution in [-0.4, -0.2) is 16.1 Å². The number of halogens is 4. The van der Waals surface area contributed by atoms with Gasteiger partial charge in [0.15, 0.2) is 5.41 Å². The molecule has 0 saturated carbocycles. The molecule has 0 saturated heterocycles. The first-order chi connectivity index (χ1) is 8.13. The Labute approximate surface area is 105 Å². The standard InChI is InChI=1S/C10H6ClF3N2O2/c1-9(4-15,8(17)18)7-6(11)2-5(3-16-7)10(12,13)14/h2-3H,1H3,(H,17,18). The summed E-state index contributed by atoms with van der Waals surface area (Å²) in [6.07, 6.45) is -4.19. The van der Waals surface area contributed by atoms with Crippen LogP contribution in [0.1, 0.15) is 18.2 Å². The largest absolute Gasteiger partial charge is 0.480 e. The molecule has 0 spiro atoms. The van der Waals surface area contributed by atoms with Crippen LogP contribution in [0.4, 0.5) is 13.2 Å². The van der Waals surface area contributed by atoms with Crippen molar-refractivity contribution < 1.29 is 23.1 Å². The van der Waals surface area contributed by atoms with Crippen molar-refractivity contribution >= 4 is 17.6 Å². The predicted molar refractivity (Wildman–Crippen MR) is 54.8 cm³/mol. The van der Waals surface area contributed by atoms with Crippen LogP contribution < -0.4 is 0 Å². The van der Waals surface area contributed by atoms with Gasteiger partial charge in [0.25, 0.3) is 0 Å². The number of hydrogen-bond donors (Lipinski definition) is 1. The Morgan fingerprint density at radius 2 is 2.11 bits per heavy atom. The highest BCUT2D eigenvalue weighted by molar-refractivity contribution is 6.31. The fourth-order valence-corrected chi connectivity index (χ4v) is 1.52. The van der Waals surface area contributed by atoms with E-state index in [2.05, 4.69) is 4.98 Å². The lowest BCUT2D eigenvalue weighted by molar-refractivity contribution is -0.141. The average molecular weight is 279 g/mol. The number of aromatic nitrogens is 1. The first kappa shape index (κ1) is 14.3. The highest BCUT2D eigenvalue weighted by Gasteiger charge is 2.40. The van der Waals surface area contributed by atoms with Gasteiger partial charge in [-0.15, -0.1) is 0 Å². The maximum absolute atomic E-state index is 12.4. The van der Waals surface area contributed by atoms with Crippen LogP contribution in [0.25, 0.3) is 0 Å². The molecule has 8 heteroatoms. The number of hydrogen-bond acceptors (Lipinski definition) is 3. The SMILES string of the molecule is CC(C#N)(C(=O)O)c1ncc(C(F)(F)F)cc1Cl. The van der Waals surface area contributed by atoms with Gasteiger partial charge in [-0.3, -0.25) is 9.78 Å². The Morgan fingerprint density at radius 3 is 2.44 bits per heavy atom. The minimum atomic E-state index is -4.64. The summed E-state index contributed by atoms with van der Waals surface area (Å²) in [7, 11) is 0.